The monoisotopic (exact) mass is 260 g/mol. The summed E-state index contributed by atoms with van der Waals surface area (Å²) in [5.74, 6) is -0.0887. The second-order valence-corrected chi connectivity index (χ2v) is 4.02. The van der Waals surface area contributed by atoms with E-state index in [4.69, 9.17) is 4.84 Å². The Morgan fingerprint density at radius 2 is 2.36 bits per heavy atom. The molecular formula is C9H10BrFN2O. The van der Waals surface area contributed by atoms with Crippen molar-refractivity contribution in [3.63, 3.8) is 0 Å². The summed E-state index contributed by atoms with van der Waals surface area (Å²) in [6.45, 7) is 1.34. The van der Waals surface area contributed by atoms with Crippen molar-refractivity contribution in [2.75, 3.05) is 18.2 Å². The SMILES string of the molecule is Fc1cc(Br)cnc1N1CCCCO1. The third kappa shape index (κ3) is 2.04. The van der Waals surface area contributed by atoms with Crippen LogP contribution in [0, 0.1) is 5.82 Å². The summed E-state index contributed by atoms with van der Waals surface area (Å²) in [6.07, 6.45) is 3.60. The van der Waals surface area contributed by atoms with Gasteiger partial charge in [-0.15, -0.1) is 0 Å². The summed E-state index contributed by atoms with van der Waals surface area (Å²) in [6, 6.07) is 1.39. The molecule has 0 spiro atoms. The lowest BCUT2D eigenvalue weighted by atomic mass is 10.3. The van der Waals surface area contributed by atoms with Crippen molar-refractivity contribution in [2.45, 2.75) is 12.8 Å². The van der Waals surface area contributed by atoms with Crippen LogP contribution in [0.5, 0.6) is 0 Å². The van der Waals surface area contributed by atoms with E-state index in [1.165, 1.54) is 11.1 Å². The Hall–Kier alpha value is -0.680. The first-order chi connectivity index (χ1) is 6.77. The number of anilines is 1. The van der Waals surface area contributed by atoms with E-state index >= 15 is 0 Å². The minimum atomic E-state index is -0.360. The Kier molecular flexibility index (Phi) is 2.98. The van der Waals surface area contributed by atoms with Crippen molar-refractivity contribution >= 4 is 21.7 Å². The number of pyridine rings is 1. The maximum absolute atomic E-state index is 13.4. The zero-order valence-corrected chi connectivity index (χ0v) is 9.13. The van der Waals surface area contributed by atoms with E-state index in [9.17, 15) is 4.39 Å². The summed E-state index contributed by atoms with van der Waals surface area (Å²) < 4.78 is 14.1. The van der Waals surface area contributed by atoms with E-state index in [1.807, 2.05) is 0 Å². The Labute approximate surface area is 90.0 Å². The number of nitrogens with zero attached hydrogens (tertiary/aromatic N) is 2. The molecule has 1 aromatic heterocycles. The second kappa shape index (κ2) is 4.23. The summed E-state index contributed by atoms with van der Waals surface area (Å²) in [7, 11) is 0. The molecule has 0 aliphatic carbocycles. The zero-order valence-electron chi connectivity index (χ0n) is 7.54. The van der Waals surface area contributed by atoms with Crippen LogP contribution < -0.4 is 5.06 Å². The van der Waals surface area contributed by atoms with Crippen molar-refractivity contribution in [1.29, 1.82) is 0 Å². The van der Waals surface area contributed by atoms with Crippen molar-refractivity contribution in [1.82, 2.24) is 4.98 Å². The summed E-state index contributed by atoms with van der Waals surface area (Å²) in [4.78, 5) is 9.28. The molecule has 1 aromatic rings. The van der Waals surface area contributed by atoms with Gasteiger partial charge in [0.05, 0.1) is 6.61 Å². The summed E-state index contributed by atoms with van der Waals surface area (Å²) >= 11 is 3.16. The van der Waals surface area contributed by atoms with Crippen LogP contribution in [0.4, 0.5) is 10.2 Å². The second-order valence-electron chi connectivity index (χ2n) is 3.10. The van der Waals surface area contributed by atoms with E-state index in [1.54, 1.807) is 6.20 Å². The van der Waals surface area contributed by atoms with Gasteiger partial charge in [0, 0.05) is 17.2 Å². The number of hydrogen-bond acceptors (Lipinski definition) is 3. The molecule has 76 valence electrons. The Bertz CT molecular complexity index is 329. The molecule has 2 rings (SSSR count). The summed E-state index contributed by atoms with van der Waals surface area (Å²) in [5.41, 5.74) is 0. The number of halogens is 2. The van der Waals surface area contributed by atoms with Gasteiger partial charge in [-0.25, -0.2) is 14.4 Å². The average Bonchev–Trinajstić information content (AvgIpc) is 2.19. The average molecular weight is 261 g/mol. The van der Waals surface area contributed by atoms with Gasteiger partial charge in [0.25, 0.3) is 0 Å². The maximum atomic E-state index is 13.4. The third-order valence-corrected chi connectivity index (χ3v) is 2.46. The van der Waals surface area contributed by atoms with Gasteiger partial charge in [0.1, 0.15) is 0 Å². The molecule has 1 fully saturated rings. The van der Waals surface area contributed by atoms with Gasteiger partial charge in [-0.1, -0.05) is 0 Å². The lowest BCUT2D eigenvalue weighted by molar-refractivity contribution is 0.0745. The fourth-order valence-corrected chi connectivity index (χ4v) is 1.66. The van der Waals surface area contributed by atoms with Gasteiger partial charge in [-0.2, -0.15) is 0 Å². The quantitative estimate of drug-likeness (QED) is 0.776. The van der Waals surface area contributed by atoms with E-state index in [-0.39, 0.29) is 11.6 Å². The highest BCUT2D eigenvalue weighted by molar-refractivity contribution is 9.10. The fraction of sp³-hybridized carbons (Fsp3) is 0.444. The highest BCUT2D eigenvalue weighted by Crippen LogP contribution is 2.22. The van der Waals surface area contributed by atoms with Crippen molar-refractivity contribution in [3.05, 3.63) is 22.6 Å². The zero-order chi connectivity index (χ0) is 9.97. The van der Waals surface area contributed by atoms with Crippen molar-refractivity contribution in [3.8, 4) is 0 Å². The van der Waals surface area contributed by atoms with Crippen LogP contribution in [-0.4, -0.2) is 18.1 Å². The van der Waals surface area contributed by atoms with Crippen LogP contribution in [0.2, 0.25) is 0 Å². The molecule has 5 heteroatoms. The first-order valence-electron chi connectivity index (χ1n) is 4.49. The Morgan fingerprint density at radius 3 is 3.00 bits per heavy atom. The van der Waals surface area contributed by atoms with Crippen molar-refractivity contribution in [2.24, 2.45) is 0 Å². The van der Waals surface area contributed by atoms with Crippen LogP contribution in [0.15, 0.2) is 16.7 Å². The first kappa shape index (κ1) is 9.86. The molecule has 2 heterocycles. The molecular weight excluding hydrogens is 251 g/mol. The van der Waals surface area contributed by atoms with Gasteiger partial charge in [-0.3, -0.25) is 4.84 Å². The third-order valence-electron chi connectivity index (χ3n) is 2.03. The molecule has 0 radical (unpaired) electrons. The number of aromatic nitrogens is 1. The number of hydrogen-bond donors (Lipinski definition) is 0. The number of hydroxylamine groups is 1. The topological polar surface area (TPSA) is 25.4 Å². The largest absolute Gasteiger partial charge is 0.272 e. The normalized spacial score (nSPS) is 17.1. The van der Waals surface area contributed by atoms with Gasteiger partial charge < -0.3 is 0 Å². The van der Waals surface area contributed by atoms with Crippen LogP contribution in [-0.2, 0) is 4.84 Å². The molecule has 3 nitrogen and oxygen atoms in total. The first-order valence-corrected chi connectivity index (χ1v) is 5.28. The molecule has 1 aliphatic rings. The predicted molar refractivity (Wildman–Crippen MR) is 54.4 cm³/mol. The predicted octanol–water partition coefficient (Wildman–Crippen LogP) is 2.52. The lowest BCUT2D eigenvalue weighted by Gasteiger charge is -2.26. The highest BCUT2D eigenvalue weighted by Gasteiger charge is 2.17. The molecule has 0 bridgehead atoms. The molecule has 0 amide bonds. The van der Waals surface area contributed by atoms with Crippen LogP contribution in [0.25, 0.3) is 0 Å². The standard InChI is InChI=1S/C9H10BrFN2O/c10-7-5-8(11)9(12-6-7)13-3-1-2-4-14-13/h5-6H,1-4H2. The van der Waals surface area contributed by atoms with Gasteiger partial charge >= 0.3 is 0 Å². The maximum Gasteiger partial charge on any atom is 0.189 e. The highest BCUT2D eigenvalue weighted by atomic mass is 79.9. The Balaban J connectivity index is 2.22. The molecule has 1 aliphatic heterocycles. The molecule has 14 heavy (non-hydrogen) atoms. The molecule has 0 unspecified atom stereocenters. The fourth-order valence-electron chi connectivity index (χ4n) is 1.35. The van der Waals surface area contributed by atoms with E-state index < -0.39 is 0 Å². The molecule has 0 atom stereocenters. The smallest absolute Gasteiger partial charge is 0.189 e. The minimum absolute atomic E-state index is 0.271. The summed E-state index contributed by atoms with van der Waals surface area (Å²) in [5, 5.41) is 1.52. The lowest BCUT2D eigenvalue weighted by Crippen LogP contribution is -2.31. The van der Waals surface area contributed by atoms with Crippen LogP contribution in [0.3, 0.4) is 0 Å². The molecule has 0 saturated carbocycles. The van der Waals surface area contributed by atoms with Crippen molar-refractivity contribution < 1.29 is 9.23 Å². The Morgan fingerprint density at radius 1 is 1.50 bits per heavy atom. The van der Waals surface area contributed by atoms with E-state index in [0.717, 1.165) is 12.8 Å². The molecule has 1 saturated heterocycles. The van der Waals surface area contributed by atoms with Crippen LogP contribution in [0.1, 0.15) is 12.8 Å². The minimum Gasteiger partial charge on any atom is -0.272 e. The number of rotatable bonds is 1. The molecule has 0 aromatic carbocycles. The van der Waals surface area contributed by atoms with Gasteiger partial charge in [0.15, 0.2) is 11.6 Å². The van der Waals surface area contributed by atoms with Crippen LogP contribution >= 0.6 is 15.9 Å². The van der Waals surface area contributed by atoms with E-state index in [2.05, 4.69) is 20.9 Å². The van der Waals surface area contributed by atoms with E-state index in [0.29, 0.717) is 17.6 Å². The molecule has 0 N–H and O–H groups in total. The van der Waals surface area contributed by atoms with Gasteiger partial charge in [-0.05, 0) is 34.8 Å². The van der Waals surface area contributed by atoms with Gasteiger partial charge in [0.2, 0.25) is 0 Å².